The second-order valence-electron chi connectivity index (χ2n) is 8.24. The predicted molar refractivity (Wildman–Crippen MR) is 115 cm³/mol. The van der Waals surface area contributed by atoms with Crippen LogP contribution in [0.3, 0.4) is 0 Å². The number of Topliss-reactive ketones (excluding diaryl/α,β-unsaturated/α-hetero) is 1. The van der Waals surface area contributed by atoms with Crippen LogP contribution in [0.4, 0.5) is 0 Å². The Hall–Kier alpha value is -1.16. The number of rotatable bonds is 7. The average Bonchev–Trinajstić information content (AvgIpc) is 2.71. The normalized spacial score (nSPS) is 19.6. The minimum absolute atomic E-state index is 0.0557. The van der Waals surface area contributed by atoms with E-state index in [1.165, 1.54) is 35.1 Å². The van der Waals surface area contributed by atoms with Crippen LogP contribution < -0.4 is 21.2 Å². The number of aryl methyl sites for hydroxylation is 1. The Morgan fingerprint density at radius 1 is 1.07 bits per heavy atom. The molecule has 3 rings (SSSR count). The average molecular weight is 489 g/mol. The number of hydrogen-bond donors (Lipinski definition) is 0. The summed E-state index contributed by atoms with van der Waals surface area (Å²) in [6.07, 6.45) is 6.50. The van der Waals surface area contributed by atoms with Gasteiger partial charge < -0.3 is 0 Å². The number of benzene rings is 2. The molecule has 152 valence electrons. The second-order valence-corrected chi connectivity index (χ2v) is 12.4. The maximum absolute atomic E-state index is 12.4. The summed E-state index contributed by atoms with van der Waals surface area (Å²) in [5.74, 6) is 0.879. The van der Waals surface area contributed by atoms with Crippen LogP contribution in [0.2, 0.25) is 0 Å². The molecule has 1 aliphatic carbocycles. The van der Waals surface area contributed by atoms with Gasteiger partial charge in [-0.05, 0) is 0 Å². The van der Waals surface area contributed by atoms with Crippen LogP contribution >= 0.6 is 0 Å². The van der Waals surface area contributed by atoms with Gasteiger partial charge in [0.25, 0.3) is 0 Å². The summed E-state index contributed by atoms with van der Waals surface area (Å²) in [5, 5.41) is 0. The molecule has 2 aromatic rings. The van der Waals surface area contributed by atoms with E-state index in [-0.39, 0.29) is 21.2 Å². The first-order valence-electron chi connectivity index (χ1n) is 10.8. The number of hydrogen-bond acceptors (Lipinski definition) is 1. The van der Waals surface area contributed by atoms with Crippen LogP contribution in [0.25, 0.3) is 0 Å². The molecule has 1 fully saturated rings. The van der Waals surface area contributed by atoms with Crippen LogP contribution in [-0.2, 0) is 11.2 Å². The van der Waals surface area contributed by atoms with Crippen molar-refractivity contribution >= 4 is 5.78 Å². The van der Waals surface area contributed by atoms with Crippen molar-refractivity contribution in [2.45, 2.75) is 74.1 Å². The van der Waals surface area contributed by atoms with Gasteiger partial charge in [-0.3, -0.25) is 0 Å². The summed E-state index contributed by atoms with van der Waals surface area (Å²) in [7, 11) is 0. The van der Waals surface area contributed by atoms with Gasteiger partial charge in [-0.1, -0.05) is 0 Å². The van der Waals surface area contributed by atoms with Crippen molar-refractivity contribution < 1.29 is 26.0 Å². The molecule has 0 saturated heterocycles. The van der Waals surface area contributed by atoms with E-state index in [0.29, 0.717) is 19.6 Å². The topological polar surface area (TPSA) is 17.1 Å². The van der Waals surface area contributed by atoms with Crippen molar-refractivity contribution in [3.63, 3.8) is 0 Å². The SMILES string of the molecule is CCC([I-]C(C)C1CCCCC1=O)c1ccc(C)c(Cc2ccccc2)c1C. The number of alkyl halides is 2. The van der Waals surface area contributed by atoms with Gasteiger partial charge in [0.15, 0.2) is 0 Å². The van der Waals surface area contributed by atoms with E-state index in [1.807, 2.05) is 0 Å². The summed E-state index contributed by atoms with van der Waals surface area (Å²) >= 11 is -0.0557. The molecule has 3 unspecified atom stereocenters. The van der Waals surface area contributed by atoms with Crippen LogP contribution in [-0.4, -0.2) is 9.71 Å². The summed E-state index contributed by atoms with van der Waals surface area (Å²) in [6, 6.07) is 15.5. The molecule has 0 heterocycles. The third-order valence-electron chi connectivity index (χ3n) is 6.30. The molecule has 1 aliphatic rings. The molecule has 0 bridgehead atoms. The number of carbonyl (C=O) groups excluding carboxylic acids is 1. The molecule has 0 aliphatic heterocycles. The summed E-state index contributed by atoms with van der Waals surface area (Å²) in [6.45, 7) is 9.26. The van der Waals surface area contributed by atoms with Crippen molar-refractivity contribution in [2.24, 2.45) is 5.92 Å². The number of ketones is 1. The Labute approximate surface area is 181 Å². The maximum atomic E-state index is 12.4. The van der Waals surface area contributed by atoms with E-state index in [9.17, 15) is 4.79 Å². The van der Waals surface area contributed by atoms with Gasteiger partial charge in [0.1, 0.15) is 0 Å². The third-order valence-corrected chi connectivity index (χ3v) is 10.7. The zero-order valence-corrected chi connectivity index (χ0v) is 20.0. The first-order chi connectivity index (χ1) is 13.5. The van der Waals surface area contributed by atoms with Gasteiger partial charge in [0.2, 0.25) is 0 Å². The molecule has 0 radical (unpaired) electrons. The van der Waals surface area contributed by atoms with Crippen molar-refractivity contribution in [3.8, 4) is 0 Å². The zero-order chi connectivity index (χ0) is 20.1. The van der Waals surface area contributed by atoms with Crippen molar-refractivity contribution in [1.82, 2.24) is 0 Å². The first-order valence-corrected chi connectivity index (χ1v) is 13.3. The number of carbonyl (C=O) groups is 1. The minimum atomic E-state index is -0.0557. The fourth-order valence-corrected chi connectivity index (χ4v) is 8.72. The fourth-order valence-electron chi connectivity index (χ4n) is 4.52. The van der Waals surface area contributed by atoms with Crippen molar-refractivity contribution in [1.29, 1.82) is 0 Å². The monoisotopic (exact) mass is 489 g/mol. The quantitative estimate of drug-likeness (QED) is 0.430. The Morgan fingerprint density at radius 2 is 1.82 bits per heavy atom. The molecule has 3 atom stereocenters. The molecule has 28 heavy (non-hydrogen) atoms. The Morgan fingerprint density at radius 3 is 2.50 bits per heavy atom. The van der Waals surface area contributed by atoms with Crippen LogP contribution in [0, 0.1) is 19.8 Å². The van der Waals surface area contributed by atoms with Crippen LogP contribution in [0.5, 0.6) is 0 Å². The van der Waals surface area contributed by atoms with Crippen LogP contribution in [0.1, 0.15) is 77.7 Å². The number of halogens is 1. The van der Waals surface area contributed by atoms with E-state index in [1.54, 1.807) is 5.56 Å². The Balaban J connectivity index is 1.82. The Bertz CT molecular complexity index is 796. The fraction of sp³-hybridized carbons (Fsp3) is 0.500. The van der Waals surface area contributed by atoms with E-state index in [4.69, 9.17) is 0 Å². The molecule has 2 heteroatoms. The molecule has 0 aromatic heterocycles. The predicted octanol–water partition coefficient (Wildman–Crippen LogP) is 3.58. The van der Waals surface area contributed by atoms with Crippen molar-refractivity contribution in [2.75, 3.05) is 0 Å². The summed E-state index contributed by atoms with van der Waals surface area (Å²) in [4.78, 5) is 12.4. The molecule has 0 spiro atoms. The standard InChI is InChI=1S/C26H34IO/c1-5-25(27-20(4)23-13-9-10-14-26(23)28)22-16-15-18(2)24(19(22)3)17-21-11-7-6-8-12-21/h6-8,11-12,15-16,20,23,25H,5,9-10,13-14,17H2,1-4H3/q-1. The van der Waals surface area contributed by atoms with Crippen LogP contribution in [0.15, 0.2) is 42.5 Å². The van der Waals surface area contributed by atoms with Gasteiger partial charge in [0.05, 0.1) is 0 Å². The van der Waals surface area contributed by atoms with Crippen molar-refractivity contribution in [3.05, 3.63) is 70.3 Å². The van der Waals surface area contributed by atoms with Gasteiger partial charge in [0, 0.05) is 0 Å². The van der Waals surface area contributed by atoms with Gasteiger partial charge >= 0.3 is 182 Å². The third kappa shape index (κ3) is 5.06. The molecule has 1 saturated carbocycles. The van der Waals surface area contributed by atoms with E-state index in [0.717, 1.165) is 25.7 Å². The molecule has 2 aromatic carbocycles. The molecule has 0 N–H and O–H groups in total. The van der Waals surface area contributed by atoms with E-state index < -0.39 is 0 Å². The zero-order valence-electron chi connectivity index (χ0n) is 17.8. The molecular weight excluding hydrogens is 455 g/mol. The van der Waals surface area contributed by atoms with E-state index >= 15 is 0 Å². The molecule has 0 amide bonds. The second kappa shape index (κ2) is 10.0. The first kappa shape index (κ1) is 21.5. The molecular formula is C26H34IO-. The van der Waals surface area contributed by atoms with Gasteiger partial charge in [-0.15, -0.1) is 0 Å². The van der Waals surface area contributed by atoms with Gasteiger partial charge in [-0.25, -0.2) is 0 Å². The van der Waals surface area contributed by atoms with Gasteiger partial charge in [-0.2, -0.15) is 0 Å². The Kier molecular flexibility index (Phi) is 7.73. The van der Waals surface area contributed by atoms with E-state index in [2.05, 4.69) is 70.2 Å². The summed E-state index contributed by atoms with van der Waals surface area (Å²) in [5.41, 5.74) is 7.30. The summed E-state index contributed by atoms with van der Waals surface area (Å²) < 4.78 is 1.24. The molecule has 1 nitrogen and oxygen atoms in total.